The quantitative estimate of drug-likeness (QED) is 0.827. The highest BCUT2D eigenvalue weighted by atomic mass is 15.3. The van der Waals surface area contributed by atoms with Crippen LogP contribution in [0.25, 0.3) is 0 Å². The lowest BCUT2D eigenvalue weighted by molar-refractivity contribution is 0.476. The summed E-state index contributed by atoms with van der Waals surface area (Å²) in [7, 11) is 4.00. The smallest absolute Gasteiger partial charge is 0.108 e. The number of nitrogens with zero attached hydrogens (tertiary/aromatic N) is 4. The van der Waals surface area contributed by atoms with Crippen LogP contribution in [0.3, 0.4) is 0 Å². The molecule has 1 N–H and O–H groups in total. The molecule has 5 nitrogen and oxygen atoms in total. The summed E-state index contributed by atoms with van der Waals surface area (Å²) in [6.45, 7) is 3.20. The van der Waals surface area contributed by atoms with E-state index in [0.29, 0.717) is 6.04 Å². The summed E-state index contributed by atoms with van der Waals surface area (Å²) in [5, 5.41) is 8.08. The van der Waals surface area contributed by atoms with Gasteiger partial charge in [-0.25, -0.2) is 4.98 Å². The number of nitrogens with one attached hydrogen (secondary N) is 1. The summed E-state index contributed by atoms with van der Waals surface area (Å²) in [5.74, 6) is 1.12. The molecule has 1 atom stereocenters. The van der Waals surface area contributed by atoms with Crippen molar-refractivity contribution in [1.29, 1.82) is 0 Å². The van der Waals surface area contributed by atoms with Crippen molar-refractivity contribution in [3.63, 3.8) is 0 Å². The minimum Gasteiger partial charge on any atom is -0.338 e. The Morgan fingerprint density at radius 3 is 2.74 bits per heavy atom. The summed E-state index contributed by atoms with van der Waals surface area (Å²) >= 11 is 0. The number of aryl methyl sites for hydroxylation is 3. The zero-order valence-electron chi connectivity index (χ0n) is 12.0. The molecule has 19 heavy (non-hydrogen) atoms. The molecule has 0 saturated heterocycles. The summed E-state index contributed by atoms with van der Waals surface area (Å²) in [6.07, 6.45) is 8.95. The summed E-state index contributed by atoms with van der Waals surface area (Å²) < 4.78 is 3.94. The first kappa shape index (κ1) is 13.8. The van der Waals surface area contributed by atoms with Gasteiger partial charge in [-0.3, -0.25) is 4.68 Å². The van der Waals surface area contributed by atoms with Crippen LogP contribution in [0, 0.1) is 0 Å². The fraction of sp³-hybridized carbons (Fsp3) is 0.571. The predicted octanol–water partition coefficient (Wildman–Crippen LogP) is 1.83. The lowest BCUT2D eigenvalue weighted by atomic mass is 10.1. The van der Waals surface area contributed by atoms with Gasteiger partial charge in [0.15, 0.2) is 0 Å². The molecule has 0 radical (unpaired) electrons. The highest BCUT2D eigenvalue weighted by molar-refractivity contribution is 5.06. The van der Waals surface area contributed by atoms with Gasteiger partial charge in [-0.15, -0.1) is 0 Å². The van der Waals surface area contributed by atoms with Gasteiger partial charge < -0.3 is 9.88 Å². The molecule has 0 fully saturated rings. The zero-order chi connectivity index (χ0) is 13.7. The van der Waals surface area contributed by atoms with Crippen LogP contribution in [0.1, 0.15) is 37.3 Å². The lowest BCUT2D eigenvalue weighted by Gasteiger charge is -2.16. The molecule has 0 aromatic carbocycles. The van der Waals surface area contributed by atoms with E-state index < -0.39 is 0 Å². The van der Waals surface area contributed by atoms with Gasteiger partial charge in [0.1, 0.15) is 5.82 Å². The largest absolute Gasteiger partial charge is 0.338 e. The summed E-state index contributed by atoms with van der Waals surface area (Å²) in [4.78, 5) is 4.38. The minimum atomic E-state index is 0.304. The third-order valence-electron chi connectivity index (χ3n) is 3.31. The van der Waals surface area contributed by atoms with E-state index in [-0.39, 0.29) is 0 Å². The molecule has 2 aromatic heterocycles. The minimum absolute atomic E-state index is 0.304. The molecule has 104 valence electrons. The Balaban J connectivity index is 1.99. The Labute approximate surface area is 114 Å². The number of hydrogen-bond acceptors (Lipinski definition) is 3. The maximum atomic E-state index is 4.51. The number of imidazole rings is 1. The van der Waals surface area contributed by atoms with Gasteiger partial charge in [0, 0.05) is 39.1 Å². The lowest BCUT2D eigenvalue weighted by Crippen LogP contribution is -2.23. The molecule has 0 amide bonds. The van der Waals surface area contributed by atoms with E-state index in [9.17, 15) is 0 Å². The van der Waals surface area contributed by atoms with Crippen molar-refractivity contribution in [1.82, 2.24) is 24.6 Å². The Morgan fingerprint density at radius 1 is 1.32 bits per heavy atom. The first-order chi connectivity index (χ1) is 9.20. The number of aromatic nitrogens is 4. The number of hydrogen-bond donors (Lipinski definition) is 1. The van der Waals surface area contributed by atoms with Gasteiger partial charge in [-0.1, -0.05) is 6.92 Å². The van der Waals surface area contributed by atoms with Crippen LogP contribution in [0.15, 0.2) is 24.7 Å². The maximum Gasteiger partial charge on any atom is 0.108 e. The van der Waals surface area contributed by atoms with E-state index in [4.69, 9.17) is 0 Å². The molecular formula is C14H23N5. The second-order valence-corrected chi connectivity index (χ2v) is 4.91. The van der Waals surface area contributed by atoms with Crippen molar-refractivity contribution in [2.24, 2.45) is 14.1 Å². The Bertz CT molecular complexity index is 499. The fourth-order valence-electron chi connectivity index (χ4n) is 2.20. The van der Waals surface area contributed by atoms with Crippen LogP contribution in [0.5, 0.6) is 0 Å². The standard InChI is InChI=1S/C14H23N5/c1-4-8-15-12(13-7-10-19(3)17-13)5-6-14-16-9-11-18(14)2/h7,9-12,15H,4-6,8H2,1-3H3. The monoisotopic (exact) mass is 261 g/mol. The second-order valence-electron chi connectivity index (χ2n) is 4.91. The highest BCUT2D eigenvalue weighted by Gasteiger charge is 2.14. The zero-order valence-corrected chi connectivity index (χ0v) is 12.0. The van der Waals surface area contributed by atoms with E-state index in [2.05, 4.69) is 33.0 Å². The Morgan fingerprint density at radius 2 is 2.16 bits per heavy atom. The van der Waals surface area contributed by atoms with Crippen LogP contribution in [-0.2, 0) is 20.5 Å². The predicted molar refractivity (Wildman–Crippen MR) is 75.8 cm³/mol. The highest BCUT2D eigenvalue weighted by Crippen LogP contribution is 2.17. The first-order valence-corrected chi connectivity index (χ1v) is 6.89. The van der Waals surface area contributed by atoms with E-state index in [1.807, 2.05) is 37.4 Å². The summed E-state index contributed by atoms with van der Waals surface area (Å²) in [6, 6.07) is 2.39. The van der Waals surface area contributed by atoms with Crippen molar-refractivity contribution in [2.45, 2.75) is 32.2 Å². The maximum absolute atomic E-state index is 4.51. The molecule has 0 aliphatic heterocycles. The molecule has 0 bridgehead atoms. The molecule has 0 spiro atoms. The first-order valence-electron chi connectivity index (χ1n) is 6.89. The van der Waals surface area contributed by atoms with Crippen LogP contribution in [0.2, 0.25) is 0 Å². The average Bonchev–Trinajstić information content (AvgIpc) is 2.99. The van der Waals surface area contributed by atoms with Gasteiger partial charge in [0.2, 0.25) is 0 Å². The van der Waals surface area contributed by atoms with E-state index in [1.165, 1.54) is 0 Å². The van der Waals surface area contributed by atoms with Crippen molar-refractivity contribution >= 4 is 0 Å². The molecule has 2 rings (SSSR count). The molecule has 0 saturated carbocycles. The van der Waals surface area contributed by atoms with Gasteiger partial charge >= 0.3 is 0 Å². The second kappa shape index (κ2) is 6.52. The van der Waals surface area contributed by atoms with Crippen LogP contribution in [-0.4, -0.2) is 25.9 Å². The van der Waals surface area contributed by atoms with E-state index in [0.717, 1.165) is 37.3 Å². The molecule has 0 aliphatic carbocycles. The molecule has 1 unspecified atom stereocenters. The van der Waals surface area contributed by atoms with Crippen LogP contribution >= 0.6 is 0 Å². The normalized spacial score (nSPS) is 12.8. The third kappa shape index (κ3) is 3.67. The molecule has 2 heterocycles. The van der Waals surface area contributed by atoms with Gasteiger partial charge in [0.05, 0.1) is 11.7 Å². The van der Waals surface area contributed by atoms with E-state index >= 15 is 0 Å². The van der Waals surface area contributed by atoms with E-state index in [1.54, 1.807) is 0 Å². The van der Waals surface area contributed by atoms with Crippen molar-refractivity contribution < 1.29 is 0 Å². The fourth-order valence-corrected chi connectivity index (χ4v) is 2.20. The SMILES string of the molecule is CCCNC(CCc1nccn1C)c1ccn(C)n1. The van der Waals surface area contributed by atoms with Crippen LogP contribution < -0.4 is 5.32 Å². The molecular weight excluding hydrogens is 238 g/mol. The number of rotatable bonds is 7. The topological polar surface area (TPSA) is 47.7 Å². The molecule has 2 aromatic rings. The third-order valence-corrected chi connectivity index (χ3v) is 3.31. The van der Waals surface area contributed by atoms with Crippen LogP contribution in [0.4, 0.5) is 0 Å². The van der Waals surface area contributed by atoms with Crippen molar-refractivity contribution in [2.75, 3.05) is 6.54 Å². The molecule has 0 aliphatic rings. The van der Waals surface area contributed by atoms with Gasteiger partial charge in [-0.2, -0.15) is 5.10 Å². The average molecular weight is 261 g/mol. The van der Waals surface area contributed by atoms with Gasteiger partial charge in [-0.05, 0) is 25.5 Å². The van der Waals surface area contributed by atoms with Crippen molar-refractivity contribution in [3.8, 4) is 0 Å². The Kier molecular flexibility index (Phi) is 4.74. The Hall–Kier alpha value is -1.62. The van der Waals surface area contributed by atoms with Crippen molar-refractivity contribution in [3.05, 3.63) is 36.2 Å². The van der Waals surface area contributed by atoms with Gasteiger partial charge in [0.25, 0.3) is 0 Å². The molecule has 5 heteroatoms. The summed E-state index contributed by atoms with van der Waals surface area (Å²) in [5.41, 5.74) is 1.12.